The lowest BCUT2D eigenvalue weighted by Gasteiger charge is -2.34. The molecule has 0 aromatic heterocycles. The van der Waals surface area contributed by atoms with Crippen LogP contribution in [-0.4, -0.2) is 11.6 Å². The van der Waals surface area contributed by atoms with Gasteiger partial charge in [0.15, 0.2) is 0 Å². The fraction of sp³-hybridized carbons (Fsp3) is 1.00. The van der Waals surface area contributed by atoms with Gasteiger partial charge in [-0.25, -0.2) is 0 Å². The normalized spacial score (nSPS) is 52.5. The van der Waals surface area contributed by atoms with E-state index in [1.54, 1.807) is 0 Å². The van der Waals surface area contributed by atoms with Gasteiger partial charge in [-0.2, -0.15) is 9.78 Å². The number of hydrogen-bond acceptors (Lipinski definition) is 3. The van der Waals surface area contributed by atoms with Crippen molar-refractivity contribution >= 4 is 0 Å². The van der Waals surface area contributed by atoms with Gasteiger partial charge in [-0.1, -0.05) is 33.6 Å². The molecule has 3 fully saturated rings. The summed E-state index contributed by atoms with van der Waals surface area (Å²) in [6.45, 7) is 6.78. The molecule has 2 spiro atoms. The average molecular weight is 254 g/mol. The minimum atomic E-state index is -0.447. The van der Waals surface area contributed by atoms with Crippen LogP contribution in [0.25, 0.3) is 0 Å². The van der Waals surface area contributed by atoms with Crippen molar-refractivity contribution in [2.24, 2.45) is 17.8 Å². The first-order valence-electron chi connectivity index (χ1n) is 7.64. The zero-order valence-corrected chi connectivity index (χ0v) is 11.9. The zero-order valence-electron chi connectivity index (χ0n) is 11.9. The third kappa shape index (κ3) is 2.00. The molecule has 104 valence electrons. The van der Waals surface area contributed by atoms with Crippen LogP contribution in [0.2, 0.25) is 0 Å². The second kappa shape index (κ2) is 4.46. The summed E-state index contributed by atoms with van der Waals surface area (Å²) in [5.74, 6) is 0.960. The summed E-state index contributed by atoms with van der Waals surface area (Å²) in [5.41, 5.74) is 0. The molecule has 0 radical (unpaired) electrons. The summed E-state index contributed by atoms with van der Waals surface area (Å²) in [6.07, 6.45) is 7.86. The summed E-state index contributed by atoms with van der Waals surface area (Å²) in [4.78, 5) is 11.5. The molecule has 3 aliphatic rings. The van der Waals surface area contributed by atoms with Gasteiger partial charge in [0, 0.05) is 25.2 Å². The number of ether oxygens (including phenoxy) is 1. The molecule has 3 rings (SSSR count). The lowest BCUT2D eigenvalue weighted by atomic mass is 9.86. The van der Waals surface area contributed by atoms with E-state index in [1.165, 1.54) is 25.7 Å². The third-order valence-electron chi connectivity index (χ3n) is 5.20. The highest BCUT2D eigenvalue weighted by atomic mass is 17.3. The van der Waals surface area contributed by atoms with Crippen LogP contribution in [0.15, 0.2) is 0 Å². The van der Waals surface area contributed by atoms with Gasteiger partial charge in [0.25, 0.3) is 0 Å². The van der Waals surface area contributed by atoms with E-state index in [0.717, 1.165) is 25.2 Å². The molecular weight excluding hydrogens is 228 g/mol. The molecule has 18 heavy (non-hydrogen) atoms. The van der Waals surface area contributed by atoms with Gasteiger partial charge in [0.05, 0.1) is 0 Å². The molecule has 0 aromatic rings. The lowest BCUT2D eigenvalue weighted by Crippen LogP contribution is -2.41. The molecule has 2 saturated carbocycles. The third-order valence-corrected chi connectivity index (χ3v) is 5.20. The van der Waals surface area contributed by atoms with Crippen molar-refractivity contribution in [3.05, 3.63) is 0 Å². The Bertz CT molecular complexity index is 319. The van der Waals surface area contributed by atoms with Crippen LogP contribution in [0, 0.1) is 17.8 Å². The average Bonchev–Trinajstić information content (AvgIpc) is 2.82. The Balaban J connectivity index is 1.74. The van der Waals surface area contributed by atoms with Gasteiger partial charge < -0.3 is 4.74 Å². The summed E-state index contributed by atoms with van der Waals surface area (Å²) >= 11 is 0. The van der Waals surface area contributed by atoms with Gasteiger partial charge in [-0.3, -0.25) is 0 Å². The molecule has 3 nitrogen and oxygen atoms in total. The summed E-state index contributed by atoms with van der Waals surface area (Å²) < 4.78 is 6.41. The summed E-state index contributed by atoms with van der Waals surface area (Å²) in [5, 5.41) is 0. The lowest BCUT2D eigenvalue weighted by molar-refractivity contribution is -0.360. The topological polar surface area (TPSA) is 27.7 Å². The van der Waals surface area contributed by atoms with Crippen LogP contribution in [0.5, 0.6) is 0 Å². The van der Waals surface area contributed by atoms with Crippen LogP contribution in [0.4, 0.5) is 0 Å². The molecule has 3 heteroatoms. The molecule has 0 bridgehead atoms. The summed E-state index contributed by atoms with van der Waals surface area (Å²) in [7, 11) is 0. The van der Waals surface area contributed by atoms with E-state index in [9.17, 15) is 0 Å². The van der Waals surface area contributed by atoms with Crippen LogP contribution >= 0.6 is 0 Å². The van der Waals surface area contributed by atoms with E-state index >= 15 is 0 Å². The molecule has 0 amide bonds. The van der Waals surface area contributed by atoms with E-state index in [0.29, 0.717) is 11.8 Å². The van der Waals surface area contributed by atoms with Gasteiger partial charge >= 0.3 is 0 Å². The Kier molecular flexibility index (Phi) is 3.20. The van der Waals surface area contributed by atoms with Gasteiger partial charge in [-0.15, -0.1) is 0 Å². The fourth-order valence-corrected chi connectivity index (χ4v) is 4.05. The van der Waals surface area contributed by atoms with E-state index in [1.807, 2.05) is 0 Å². The SMILES string of the molecule is CCC1CC(C)C2(C1)OOC1(CCCC(C)C1)O2. The van der Waals surface area contributed by atoms with Crippen molar-refractivity contribution in [2.45, 2.75) is 77.3 Å². The molecular formula is C15H26O3. The maximum absolute atomic E-state index is 6.41. The Morgan fingerprint density at radius 2 is 2.00 bits per heavy atom. The molecule has 1 heterocycles. The van der Waals surface area contributed by atoms with Crippen molar-refractivity contribution in [1.29, 1.82) is 0 Å². The Labute approximate surface area is 110 Å². The minimum Gasteiger partial charge on any atom is -0.312 e. The van der Waals surface area contributed by atoms with E-state index in [4.69, 9.17) is 14.5 Å². The fourth-order valence-electron chi connectivity index (χ4n) is 4.05. The smallest absolute Gasteiger partial charge is 0.207 e. The van der Waals surface area contributed by atoms with Gasteiger partial charge in [-0.05, 0) is 24.7 Å². The monoisotopic (exact) mass is 254 g/mol. The molecule has 1 aliphatic heterocycles. The Morgan fingerprint density at radius 1 is 1.17 bits per heavy atom. The molecule has 0 aromatic carbocycles. The second-order valence-electron chi connectivity index (χ2n) is 6.81. The molecule has 2 aliphatic carbocycles. The maximum atomic E-state index is 6.41. The van der Waals surface area contributed by atoms with Crippen molar-refractivity contribution in [3.8, 4) is 0 Å². The zero-order chi connectivity index (χ0) is 12.8. The molecule has 5 atom stereocenters. The molecule has 5 unspecified atom stereocenters. The van der Waals surface area contributed by atoms with Crippen LogP contribution < -0.4 is 0 Å². The van der Waals surface area contributed by atoms with Crippen molar-refractivity contribution < 1.29 is 14.5 Å². The molecule has 1 saturated heterocycles. The van der Waals surface area contributed by atoms with Crippen LogP contribution in [0.3, 0.4) is 0 Å². The van der Waals surface area contributed by atoms with Crippen molar-refractivity contribution in [3.63, 3.8) is 0 Å². The quantitative estimate of drug-likeness (QED) is 0.661. The van der Waals surface area contributed by atoms with E-state index in [-0.39, 0.29) is 0 Å². The predicted octanol–water partition coefficient (Wildman–Crippen LogP) is 4.02. The Morgan fingerprint density at radius 3 is 2.67 bits per heavy atom. The Hall–Kier alpha value is -0.120. The number of rotatable bonds is 1. The van der Waals surface area contributed by atoms with Gasteiger partial charge in [0.2, 0.25) is 11.6 Å². The van der Waals surface area contributed by atoms with Crippen LogP contribution in [0.1, 0.15) is 65.7 Å². The highest BCUT2D eigenvalue weighted by molar-refractivity contribution is 4.93. The first kappa shape index (κ1) is 12.9. The predicted molar refractivity (Wildman–Crippen MR) is 68.5 cm³/mol. The second-order valence-corrected chi connectivity index (χ2v) is 6.81. The number of hydrogen-bond donors (Lipinski definition) is 0. The van der Waals surface area contributed by atoms with Gasteiger partial charge in [0.1, 0.15) is 0 Å². The van der Waals surface area contributed by atoms with Crippen molar-refractivity contribution in [2.75, 3.05) is 0 Å². The minimum absolute atomic E-state index is 0.436. The highest BCUT2D eigenvalue weighted by Gasteiger charge is 2.59. The van der Waals surface area contributed by atoms with E-state index in [2.05, 4.69) is 20.8 Å². The molecule has 0 N–H and O–H groups in total. The maximum Gasteiger partial charge on any atom is 0.207 e. The first-order valence-corrected chi connectivity index (χ1v) is 7.64. The van der Waals surface area contributed by atoms with E-state index < -0.39 is 11.6 Å². The standard InChI is InChI=1S/C15H26O3/c1-4-13-8-12(3)15(10-13)16-14(17-18-15)7-5-6-11(2)9-14/h11-13H,4-10H2,1-3H3. The highest BCUT2D eigenvalue weighted by Crippen LogP contribution is 2.54. The first-order chi connectivity index (χ1) is 8.57. The largest absolute Gasteiger partial charge is 0.312 e. The van der Waals surface area contributed by atoms with Crippen LogP contribution in [-0.2, 0) is 14.5 Å². The summed E-state index contributed by atoms with van der Waals surface area (Å²) in [6, 6.07) is 0. The van der Waals surface area contributed by atoms with Crippen molar-refractivity contribution in [1.82, 2.24) is 0 Å².